The van der Waals surface area contributed by atoms with E-state index in [1.807, 2.05) is 0 Å². The van der Waals surface area contributed by atoms with Crippen LogP contribution in [0, 0.1) is 0 Å². The first-order valence-electron chi connectivity index (χ1n) is 5.49. The Balaban J connectivity index is 2.17. The van der Waals surface area contributed by atoms with Crippen LogP contribution in [0.25, 0.3) is 0 Å². The second-order valence-electron chi connectivity index (χ2n) is 4.24. The van der Waals surface area contributed by atoms with Gasteiger partial charge in [0.25, 0.3) is 5.91 Å². The number of hydrogen-bond donors (Lipinski definition) is 1. The van der Waals surface area contributed by atoms with Gasteiger partial charge in [-0.25, -0.2) is 4.79 Å². The van der Waals surface area contributed by atoms with Crippen molar-refractivity contribution in [3.63, 3.8) is 0 Å². The highest BCUT2D eigenvalue weighted by Gasteiger charge is 2.39. The standard InChI is InChI=1S/C12H11NO4/c14-10-6-17-9-3-1-2-8(12(15)16)11(9)13(10)7-4-5-7/h1-3,7H,4-6H2,(H,15,16). The van der Waals surface area contributed by atoms with Gasteiger partial charge in [-0.3, -0.25) is 4.79 Å². The smallest absolute Gasteiger partial charge is 0.337 e. The number of carboxylic acids is 1. The molecule has 1 heterocycles. The molecule has 1 aliphatic heterocycles. The molecule has 1 fully saturated rings. The molecule has 5 nitrogen and oxygen atoms in total. The zero-order chi connectivity index (χ0) is 12.0. The third-order valence-corrected chi connectivity index (χ3v) is 3.00. The predicted octanol–water partition coefficient (Wildman–Crippen LogP) is 1.27. The molecule has 0 spiro atoms. The van der Waals surface area contributed by atoms with Crippen LogP contribution >= 0.6 is 0 Å². The molecule has 1 aliphatic carbocycles. The maximum atomic E-state index is 11.8. The molecule has 3 rings (SSSR count). The Hall–Kier alpha value is -2.04. The number of rotatable bonds is 2. The Morgan fingerprint density at radius 3 is 2.82 bits per heavy atom. The van der Waals surface area contributed by atoms with Crippen molar-refractivity contribution in [2.24, 2.45) is 0 Å². The molecular weight excluding hydrogens is 222 g/mol. The molecule has 1 amide bonds. The molecule has 2 aliphatic rings. The molecule has 1 aromatic rings. The van der Waals surface area contributed by atoms with Crippen LogP contribution in [-0.2, 0) is 4.79 Å². The summed E-state index contributed by atoms with van der Waals surface area (Å²) in [5.41, 5.74) is 0.543. The largest absolute Gasteiger partial charge is 0.482 e. The van der Waals surface area contributed by atoms with E-state index in [1.165, 1.54) is 6.07 Å². The van der Waals surface area contributed by atoms with Gasteiger partial charge >= 0.3 is 5.97 Å². The SMILES string of the molecule is O=C(O)c1cccc2c1N(C1CC1)C(=O)CO2. The molecule has 0 unspecified atom stereocenters. The third kappa shape index (κ3) is 1.54. The van der Waals surface area contributed by atoms with Gasteiger partial charge in [0.2, 0.25) is 0 Å². The number of nitrogens with zero attached hydrogens (tertiary/aromatic N) is 1. The van der Waals surface area contributed by atoms with Crippen molar-refractivity contribution >= 4 is 17.6 Å². The lowest BCUT2D eigenvalue weighted by molar-refractivity contribution is -0.121. The van der Waals surface area contributed by atoms with Gasteiger partial charge < -0.3 is 14.7 Å². The monoisotopic (exact) mass is 233 g/mol. The number of amides is 1. The van der Waals surface area contributed by atoms with E-state index in [1.54, 1.807) is 17.0 Å². The second-order valence-corrected chi connectivity index (χ2v) is 4.24. The van der Waals surface area contributed by atoms with Gasteiger partial charge in [0.15, 0.2) is 6.61 Å². The minimum atomic E-state index is -1.04. The van der Waals surface area contributed by atoms with E-state index in [9.17, 15) is 9.59 Å². The van der Waals surface area contributed by atoms with Crippen molar-refractivity contribution in [1.82, 2.24) is 0 Å². The average molecular weight is 233 g/mol. The van der Waals surface area contributed by atoms with Crippen LogP contribution in [0.4, 0.5) is 5.69 Å². The van der Waals surface area contributed by atoms with Crippen LogP contribution in [0.5, 0.6) is 5.75 Å². The number of carbonyl (C=O) groups excluding carboxylic acids is 1. The Bertz CT molecular complexity index is 507. The van der Waals surface area contributed by atoms with Crippen LogP contribution < -0.4 is 9.64 Å². The maximum absolute atomic E-state index is 11.8. The van der Waals surface area contributed by atoms with Crippen molar-refractivity contribution in [2.75, 3.05) is 11.5 Å². The number of benzene rings is 1. The Kier molecular flexibility index (Phi) is 2.07. The Morgan fingerprint density at radius 1 is 1.41 bits per heavy atom. The summed E-state index contributed by atoms with van der Waals surface area (Å²) in [5.74, 6) is -0.712. The molecule has 1 N–H and O–H groups in total. The van der Waals surface area contributed by atoms with Gasteiger partial charge in [-0.15, -0.1) is 0 Å². The summed E-state index contributed by atoms with van der Waals surface area (Å²) >= 11 is 0. The van der Waals surface area contributed by atoms with Crippen LogP contribution in [0.15, 0.2) is 18.2 Å². The van der Waals surface area contributed by atoms with Crippen molar-refractivity contribution in [3.05, 3.63) is 23.8 Å². The van der Waals surface area contributed by atoms with Crippen molar-refractivity contribution in [3.8, 4) is 5.75 Å². The van der Waals surface area contributed by atoms with Gasteiger partial charge in [0.1, 0.15) is 11.4 Å². The molecule has 1 aromatic carbocycles. The van der Waals surface area contributed by atoms with E-state index in [-0.39, 0.29) is 24.1 Å². The van der Waals surface area contributed by atoms with E-state index in [2.05, 4.69) is 0 Å². The molecule has 0 radical (unpaired) electrons. The number of carboxylic acid groups (broad SMARTS) is 1. The first kappa shape index (κ1) is 10.1. The lowest BCUT2D eigenvalue weighted by Gasteiger charge is -2.30. The topological polar surface area (TPSA) is 66.8 Å². The maximum Gasteiger partial charge on any atom is 0.337 e. The van der Waals surface area contributed by atoms with Crippen molar-refractivity contribution in [2.45, 2.75) is 18.9 Å². The minimum absolute atomic E-state index is 0.00737. The highest BCUT2D eigenvalue weighted by Crippen LogP contribution is 2.41. The number of ether oxygens (including phenoxy) is 1. The fourth-order valence-corrected chi connectivity index (χ4v) is 2.11. The van der Waals surface area contributed by atoms with E-state index < -0.39 is 5.97 Å². The average Bonchev–Trinajstić information content (AvgIpc) is 3.12. The minimum Gasteiger partial charge on any atom is -0.482 e. The summed E-state index contributed by atoms with van der Waals surface area (Å²) in [6.45, 7) is -0.00737. The van der Waals surface area contributed by atoms with E-state index in [0.29, 0.717) is 11.4 Å². The molecule has 5 heteroatoms. The molecule has 88 valence electrons. The summed E-state index contributed by atoms with van der Waals surface area (Å²) in [6.07, 6.45) is 1.86. The van der Waals surface area contributed by atoms with E-state index in [4.69, 9.17) is 9.84 Å². The van der Waals surface area contributed by atoms with Gasteiger partial charge in [-0.05, 0) is 25.0 Å². The molecule has 0 atom stereocenters. The highest BCUT2D eigenvalue weighted by molar-refractivity contribution is 6.06. The van der Waals surface area contributed by atoms with E-state index in [0.717, 1.165) is 12.8 Å². The third-order valence-electron chi connectivity index (χ3n) is 3.00. The van der Waals surface area contributed by atoms with Crippen LogP contribution in [0.1, 0.15) is 23.2 Å². The molecular formula is C12H11NO4. The van der Waals surface area contributed by atoms with Crippen LogP contribution in [0.2, 0.25) is 0 Å². The Labute approximate surface area is 97.6 Å². The summed E-state index contributed by atoms with van der Waals surface area (Å²) in [6, 6.07) is 4.97. The Morgan fingerprint density at radius 2 is 2.18 bits per heavy atom. The van der Waals surface area contributed by atoms with E-state index >= 15 is 0 Å². The number of carbonyl (C=O) groups is 2. The molecule has 1 saturated carbocycles. The second kappa shape index (κ2) is 3.48. The normalized spacial score (nSPS) is 18.6. The van der Waals surface area contributed by atoms with Gasteiger partial charge in [-0.2, -0.15) is 0 Å². The van der Waals surface area contributed by atoms with Crippen LogP contribution in [0.3, 0.4) is 0 Å². The quantitative estimate of drug-likeness (QED) is 0.835. The van der Waals surface area contributed by atoms with Gasteiger partial charge in [0.05, 0.1) is 5.56 Å². The number of anilines is 1. The number of aromatic carboxylic acids is 1. The molecule has 0 bridgehead atoms. The van der Waals surface area contributed by atoms with Crippen LogP contribution in [-0.4, -0.2) is 29.6 Å². The zero-order valence-corrected chi connectivity index (χ0v) is 9.05. The summed E-state index contributed by atoms with van der Waals surface area (Å²) in [5, 5.41) is 9.15. The number of hydrogen-bond acceptors (Lipinski definition) is 3. The molecule has 17 heavy (non-hydrogen) atoms. The van der Waals surface area contributed by atoms with Gasteiger partial charge in [-0.1, -0.05) is 6.07 Å². The van der Waals surface area contributed by atoms with Gasteiger partial charge in [0, 0.05) is 6.04 Å². The zero-order valence-electron chi connectivity index (χ0n) is 9.05. The lowest BCUT2D eigenvalue weighted by atomic mass is 10.1. The first-order valence-corrected chi connectivity index (χ1v) is 5.49. The van der Waals surface area contributed by atoms with Crippen molar-refractivity contribution in [1.29, 1.82) is 0 Å². The summed E-state index contributed by atoms with van der Waals surface area (Å²) in [7, 11) is 0. The fourth-order valence-electron chi connectivity index (χ4n) is 2.11. The summed E-state index contributed by atoms with van der Waals surface area (Å²) < 4.78 is 5.28. The van der Waals surface area contributed by atoms with Crippen molar-refractivity contribution < 1.29 is 19.4 Å². The molecule has 0 aromatic heterocycles. The number of para-hydroxylation sites is 1. The lowest BCUT2D eigenvalue weighted by Crippen LogP contribution is -2.41. The molecule has 0 saturated heterocycles. The fraction of sp³-hybridized carbons (Fsp3) is 0.333. The predicted molar refractivity (Wildman–Crippen MR) is 59.4 cm³/mol. The highest BCUT2D eigenvalue weighted by atomic mass is 16.5. The summed E-state index contributed by atoms with van der Waals surface area (Å²) in [4.78, 5) is 24.6. The first-order chi connectivity index (χ1) is 8.18. The number of fused-ring (bicyclic) bond motifs is 1.